The maximum Gasteiger partial charge on any atom is 0.152 e. The molecular formula is C9H11FO3S. The second-order valence-electron chi connectivity index (χ2n) is 2.85. The van der Waals surface area contributed by atoms with Gasteiger partial charge in [0.15, 0.2) is 11.1 Å². The summed E-state index contributed by atoms with van der Waals surface area (Å²) in [6.07, 6.45) is -0.948. The molecule has 0 aromatic heterocycles. The van der Waals surface area contributed by atoms with Crippen molar-refractivity contribution in [1.82, 2.24) is 0 Å². The van der Waals surface area contributed by atoms with Crippen molar-refractivity contribution in [2.24, 2.45) is 0 Å². The molecule has 78 valence electrons. The van der Waals surface area contributed by atoms with Crippen molar-refractivity contribution in [3.8, 4) is 0 Å². The van der Waals surface area contributed by atoms with E-state index in [1.807, 2.05) is 0 Å². The summed E-state index contributed by atoms with van der Waals surface area (Å²) in [5.74, 6) is -0.557. The number of aliphatic hydroxyl groups is 1. The highest BCUT2D eigenvalue weighted by molar-refractivity contribution is 7.79. The molecule has 0 aliphatic rings. The molecule has 0 saturated heterocycles. The molecule has 0 aliphatic carbocycles. The average molecular weight is 218 g/mol. The Labute approximate surface area is 83.9 Å². The molecule has 3 nitrogen and oxygen atoms in total. The van der Waals surface area contributed by atoms with Crippen LogP contribution in [0.3, 0.4) is 0 Å². The van der Waals surface area contributed by atoms with Gasteiger partial charge < -0.3 is 9.66 Å². The topological polar surface area (TPSA) is 57.5 Å². The quantitative estimate of drug-likeness (QED) is 0.752. The van der Waals surface area contributed by atoms with Crippen molar-refractivity contribution >= 4 is 11.1 Å². The second-order valence-corrected chi connectivity index (χ2v) is 3.90. The van der Waals surface area contributed by atoms with Crippen LogP contribution in [0.5, 0.6) is 0 Å². The van der Waals surface area contributed by atoms with Gasteiger partial charge in [0, 0.05) is 5.56 Å². The fraction of sp³-hybridized carbons (Fsp3) is 0.333. The SMILES string of the molecule is O=S(O)CCC(O)c1ccccc1F. The molecule has 0 spiro atoms. The van der Waals surface area contributed by atoms with Crippen LogP contribution in [-0.2, 0) is 11.1 Å². The normalized spacial score (nSPS) is 15.1. The Morgan fingerprint density at radius 1 is 1.43 bits per heavy atom. The monoisotopic (exact) mass is 218 g/mol. The van der Waals surface area contributed by atoms with Gasteiger partial charge in [-0.1, -0.05) is 18.2 Å². The van der Waals surface area contributed by atoms with Crippen molar-refractivity contribution in [1.29, 1.82) is 0 Å². The fourth-order valence-electron chi connectivity index (χ4n) is 1.11. The highest BCUT2D eigenvalue weighted by Crippen LogP contribution is 2.19. The smallest absolute Gasteiger partial charge is 0.152 e. The van der Waals surface area contributed by atoms with E-state index in [1.54, 1.807) is 6.07 Å². The van der Waals surface area contributed by atoms with E-state index >= 15 is 0 Å². The van der Waals surface area contributed by atoms with Gasteiger partial charge in [-0.2, -0.15) is 0 Å². The number of halogens is 1. The number of hydrogen-bond donors (Lipinski definition) is 2. The van der Waals surface area contributed by atoms with E-state index in [0.29, 0.717) is 0 Å². The number of aliphatic hydroxyl groups excluding tert-OH is 1. The van der Waals surface area contributed by atoms with Crippen LogP contribution in [0.25, 0.3) is 0 Å². The lowest BCUT2D eigenvalue weighted by Gasteiger charge is -2.09. The van der Waals surface area contributed by atoms with E-state index in [9.17, 15) is 13.7 Å². The Morgan fingerprint density at radius 3 is 2.64 bits per heavy atom. The third-order valence-corrected chi connectivity index (χ3v) is 2.42. The Hall–Kier alpha value is -0.780. The molecule has 2 atom stereocenters. The van der Waals surface area contributed by atoms with Crippen LogP contribution in [0, 0.1) is 5.82 Å². The van der Waals surface area contributed by atoms with Gasteiger partial charge in [-0.15, -0.1) is 0 Å². The minimum absolute atomic E-state index is 0.0600. The summed E-state index contributed by atoms with van der Waals surface area (Å²) in [6, 6.07) is 5.84. The maximum atomic E-state index is 13.1. The van der Waals surface area contributed by atoms with Crippen molar-refractivity contribution in [2.45, 2.75) is 12.5 Å². The predicted octanol–water partition coefficient (Wildman–Crippen LogP) is 1.47. The molecule has 1 aromatic rings. The summed E-state index contributed by atoms with van der Waals surface area (Å²) in [7, 11) is 0. The molecule has 0 radical (unpaired) electrons. The summed E-state index contributed by atoms with van der Waals surface area (Å²) < 4.78 is 31.9. The molecule has 0 heterocycles. The summed E-state index contributed by atoms with van der Waals surface area (Å²) in [5.41, 5.74) is 0.165. The minimum atomic E-state index is -1.95. The van der Waals surface area contributed by atoms with Gasteiger partial charge in [0.2, 0.25) is 0 Å². The van der Waals surface area contributed by atoms with Gasteiger partial charge in [-0.05, 0) is 12.5 Å². The van der Waals surface area contributed by atoms with Crippen molar-refractivity contribution in [3.05, 3.63) is 35.6 Å². The predicted molar refractivity (Wildman–Crippen MR) is 51.6 cm³/mol. The minimum Gasteiger partial charge on any atom is -0.388 e. The van der Waals surface area contributed by atoms with Gasteiger partial charge in [-0.25, -0.2) is 8.60 Å². The molecule has 0 saturated carbocycles. The Balaban J connectivity index is 2.65. The summed E-state index contributed by atoms with van der Waals surface area (Å²) in [6.45, 7) is 0. The van der Waals surface area contributed by atoms with Gasteiger partial charge in [0.05, 0.1) is 11.9 Å². The number of hydrogen-bond acceptors (Lipinski definition) is 2. The average Bonchev–Trinajstić information content (AvgIpc) is 2.15. The van der Waals surface area contributed by atoms with Crippen LogP contribution in [0.15, 0.2) is 24.3 Å². The largest absolute Gasteiger partial charge is 0.388 e. The molecule has 0 fully saturated rings. The van der Waals surface area contributed by atoms with E-state index in [2.05, 4.69) is 0 Å². The molecular weight excluding hydrogens is 207 g/mol. The van der Waals surface area contributed by atoms with Crippen LogP contribution in [0.2, 0.25) is 0 Å². The molecule has 14 heavy (non-hydrogen) atoms. The first-order valence-electron chi connectivity index (χ1n) is 4.11. The van der Waals surface area contributed by atoms with Crippen LogP contribution >= 0.6 is 0 Å². The van der Waals surface area contributed by atoms with E-state index in [1.165, 1.54) is 18.2 Å². The lowest BCUT2D eigenvalue weighted by Crippen LogP contribution is -2.05. The lowest BCUT2D eigenvalue weighted by molar-refractivity contribution is 0.169. The first-order valence-corrected chi connectivity index (χ1v) is 5.39. The second kappa shape index (κ2) is 5.19. The van der Waals surface area contributed by atoms with Gasteiger partial charge in [0.1, 0.15) is 5.82 Å². The molecule has 0 aliphatic heterocycles. The molecule has 5 heteroatoms. The Morgan fingerprint density at radius 2 is 2.07 bits per heavy atom. The molecule has 2 unspecified atom stereocenters. The summed E-state index contributed by atoms with van der Waals surface area (Å²) in [4.78, 5) is 0. The van der Waals surface area contributed by atoms with Gasteiger partial charge in [-0.3, -0.25) is 0 Å². The third kappa shape index (κ3) is 3.17. The first kappa shape index (κ1) is 11.3. The highest BCUT2D eigenvalue weighted by Gasteiger charge is 2.12. The molecule has 0 amide bonds. The van der Waals surface area contributed by atoms with Crippen molar-refractivity contribution in [3.63, 3.8) is 0 Å². The first-order chi connectivity index (χ1) is 6.61. The van der Waals surface area contributed by atoms with Crippen LogP contribution in [0.1, 0.15) is 18.1 Å². The lowest BCUT2D eigenvalue weighted by atomic mass is 10.1. The van der Waals surface area contributed by atoms with Gasteiger partial charge in [0.25, 0.3) is 0 Å². The molecule has 1 aromatic carbocycles. The molecule has 0 bridgehead atoms. The van der Waals surface area contributed by atoms with E-state index in [4.69, 9.17) is 4.55 Å². The van der Waals surface area contributed by atoms with Crippen LogP contribution in [0.4, 0.5) is 4.39 Å². The zero-order valence-corrected chi connectivity index (χ0v) is 8.21. The Kier molecular flexibility index (Phi) is 4.19. The summed E-state index contributed by atoms with van der Waals surface area (Å²) in [5, 5.41) is 9.46. The van der Waals surface area contributed by atoms with Crippen molar-refractivity contribution < 1.29 is 18.3 Å². The van der Waals surface area contributed by atoms with E-state index in [0.717, 1.165) is 0 Å². The van der Waals surface area contributed by atoms with E-state index in [-0.39, 0.29) is 17.7 Å². The number of rotatable bonds is 4. The number of benzene rings is 1. The van der Waals surface area contributed by atoms with Gasteiger partial charge >= 0.3 is 0 Å². The molecule has 2 N–H and O–H groups in total. The standard InChI is InChI=1S/C9H11FO3S/c10-8-4-2-1-3-7(8)9(11)5-6-14(12)13/h1-4,9,11H,5-6H2,(H,12,13). The molecule has 1 rings (SSSR count). The third-order valence-electron chi connectivity index (χ3n) is 1.83. The van der Waals surface area contributed by atoms with E-state index < -0.39 is 23.0 Å². The van der Waals surface area contributed by atoms with Crippen molar-refractivity contribution in [2.75, 3.05) is 5.75 Å². The summed E-state index contributed by atoms with van der Waals surface area (Å²) >= 11 is -1.95. The van der Waals surface area contributed by atoms with Crippen LogP contribution < -0.4 is 0 Å². The Bertz CT molecular complexity index is 330. The maximum absolute atomic E-state index is 13.1. The fourth-order valence-corrected chi connectivity index (χ4v) is 1.54. The zero-order valence-electron chi connectivity index (χ0n) is 7.39. The highest BCUT2D eigenvalue weighted by atomic mass is 32.2. The van der Waals surface area contributed by atoms with Crippen LogP contribution in [-0.4, -0.2) is 19.6 Å². The zero-order chi connectivity index (χ0) is 10.6.